The molecule has 1 saturated heterocycles. The zero-order chi connectivity index (χ0) is 51.0. The normalized spacial score (nSPS) is 19.8. The summed E-state index contributed by atoms with van der Waals surface area (Å²) in [6, 6.07) is 19.2. The van der Waals surface area contributed by atoms with Crippen molar-refractivity contribution in [3.05, 3.63) is 89.0 Å². The van der Waals surface area contributed by atoms with Crippen LogP contribution in [0.5, 0.6) is 0 Å². The number of anilines is 1. The van der Waals surface area contributed by atoms with E-state index in [9.17, 15) is 33.6 Å². The summed E-state index contributed by atoms with van der Waals surface area (Å²) in [5, 5.41) is 8.19. The third-order valence-corrected chi connectivity index (χ3v) is 17.3. The molecule has 5 rings (SSSR count). The molecule has 17 nitrogen and oxygen atoms in total. The van der Waals surface area contributed by atoms with Crippen LogP contribution in [0, 0.1) is 5.92 Å². The number of carbonyl (C=O) groups is 7. The van der Waals surface area contributed by atoms with Crippen LogP contribution in [0.15, 0.2) is 66.7 Å². The van der Waals surface area contributed by atoms with Crippen LogP contribution < -0.4 is 16.0 Å². The standard InChI is InChI=1S/C51H67N3O14Si/c1-28(2)42(54-50(61)63-27-40-38-19-15-13-17-36(38)37-18-14-16-20-39(37)40)48(59)52-29(3)47(58)53-35-23-21-34(26-64-69(11,12)51(7,8)9)33(25-35)22-24-41-43(65-30(4)55)44(66-31(5)56)45(67-32(6)57)46(68-41)49(60)62-10/h13-21,23,25,28-29,40-46H,22,24,26-27H2,1-12H3,(H,52,59)(H,53,58)(H,54,61)/t29?,41-,42?,43-,44+,45-,46-/m0/s1. The van der Waals surface area contributed by atoms with Gasteiger partial charge in [-0.15, -0.1) is 0 Å². The van der Waals surface area contributed by atoms with Crippen LogP contribution in [0.1, 0.15) is 96.9 Å². The van der Waals surface area contributed by atoms with Crippen molar-refractivity contribution in [2.45, 2.75) is 148 Å². The summed E-state index contributed by atoms with van der Waals surface area (Å²) < 4.78 is 40.1. The third-order valence-electron chi connectivity index (χ3n) is 12.9. The Morgan fingerprint density at radius 1 is 0.725 bits per heavy atom. The number of alkyl carbamates (subject to hydrolysis) is 1. The SMILES string of the molecule is COC(=O)[C@H]1O[C@@H](CCc2cc(NC(=O)C(C)NC(=O)C(NC(=O)OCC3c4ccccc4-c4ccccc43)C(C)C)ccc2CO[Si](C)(C)C(C)(C)C)[C@H](OC(C)=O)[C@@H](OC(C)=O)[C@@H]1OC(C)=O. The number of esters is 4. The highest BCUT2D eigenvalue weighted by molar-refractivity contribution is 6.74. The first-order valence-electron chi connectivity index (χ1n) is 23.2. The summed E-state index contributed by atoms with van der Waals surface area (Å²) in [6.07, 6.45) is -7.39. The fraction of sp³-hybridized carbons (Fsp3) is 0.510. The minimum absolute atomic E-state index is 0.0636. The number of aryl methyl sites for hydroxylation is 1. The molecule has 1 heterocycles. The molecule has 1 aliphatic heterocycles. The number of amides is 3. The van der Waals surface area contributed by atoms with E-state index in [1.54, 1.807) is 26.0 Å². The highest BCUT2D eigenvalue weighted by Crippen LogP contribution is 2.44. The van der Waals surface area contributed by atoms with Gasteiger partial charge in [-0.1, -0.05) is 89.2 Å². The summed E-state index contributed by atoms with van der Waals surface area (Å²) in [6.45, 7) is 19.3. The van der Waals surface area contributed by atoms with Gasteiger partial charge >= 0.3 is 30.0 Å². The first-order chi connectivity index (χ1) is 32.4. The Morgan fingerprint density at radius 2 is 1.29 bits per heavy atom. The Kier molecular flexibility index (Phi) is 17.9. The van der Waals surface area contributed by atoms with Crippen molar-refractivity contribution in [2.75, 3.05) is 19.0 Å². The quantitative estimate of drug-likeness (QED) is 0.0672. The van der Waals surface area contributed by atoms with Crippen molar-refractivity contribution in [3.8, 4) is 11.1 Å². The predicted molar refractivity (Wildman–Crippen MR) is 257 cm³/mol. The molecule has 3 aromatic carbocycles. The molecule has 2 aliphatic rings. The average Bonchev–Trinajstić information content (AvgIpc) is 3.59. The Balaban J connectivity index is 1.32. The van der Waals surface area contributed by atoms with Crippen LogP contribution in [0.25, 0.3) is 11.1 Å². The number of nitrogens with one attached hydrogen (secondary N) is 3. The summed E-state index contributed by atoms with van der Waals surface area (Å²) in [5.41, 5.74) is 6.13. The highest BCUT2D eigenvalue weighted by Gasteiger charge is 2.54. The first-order valence-corrected chi connectivity index (χ1v) is 26.1. The molecule has 1 aliphatic carbocycles. The molecular formula is C51H67N3O14Si. The van der Waals surface area contributed by atoms with E-state index < -0.39 is 92.7 Å². The Hall–Kier alpha value is -6.11. The van der Waals surface area contributed by atoms with E-state index >= 15 is 0 Å². The van der Waals surface area contributed by atoms with Crippen molar-refractivity contribution in [2.24, 2.45) is 5.92 Å². The van der Waals surface area contributed by atoms with Crippen molar-refractivity contribution in [1.29, 1.82) is 0 Å². The second kappa shape index (κ2) is 23.0. The van der Waals surface area contributed by atoms with Gasteiger partial charge in [0.05, 0.1) is 19.8 Å². The maximum atomic E-state index is 13.7. The average molecular weight is 974 g/mol. The van der Waals surface area contributed by atoms with Gasteiger partial charge in [0.15, 0.2) is 32.7 Å². The van der Waals surface area contributed by atoms with Crippen LogP contribution >= 0.6 is 0 Å². The van der Waals surface area contributed by atoms with Crippen LogP contribution in [0.3, 0.4) is 0 Å². The van der Waals surface area contributed by atoms with Crippen molar-refractivity contribution < 1.29 is 66.4 Å². The number of fused-ring (bicyclic) bond motifs is 3. The fourth-order valence-electron chi connectivity index (χ4n) is 8.20. The van der Waals surface area contributed by atoms with E-state index in [-0.39, 0.29) is 42.9 Å². The van der Waals surface area contributed by atoms with Crippen molar-refractivity contribution in [1.82, 2.24) is 10.6 Å². The first kappa shape index (κ1) is 53.8. The van der Waals surface area contributed by atoms with Gasteiger partial charge in [0.25, 0.3) is 0 Å². The smallest absolute Gasteiger partial charge is 0.407 e. The number of ether oxygens (including phenoxy) is 6. The molecule has 69 heavy (non-hydrogen) atoms. The van der Waals surface area contributed by atoms with Gasteiger partial charge in [-0.3, -0.25) is 24.0 Å². The van der Waals surface area contributed by atoms with Crippen LogP contribution in [-0.2, 0) is 74.6 Å². The number of hydrogen-bond acceptors (Lipinski definition) is 14. The van der Waals surface area contributed by atoms with E-state index in [4.69, 9.17) is 32.8 Å². The lowest BCUT2D eigenvalue weighted by atomic mass is 9.90. The summed E-state index contributed by atoms with van der Waals surface area (Å²) in [7, 11) is -1.15. The largest absolute Gasteiger partial charge is 0.467 e. The number of methoxy groups -OCH3 is 1. The number of rotatable bonds is 18. The molecule has 3 N–H and O–H groups in total. The van der Waals surface area contributed by atoms with Gasteiger partial charge < -0.3 is 48.8 Å². The van der Waals surface area contributed by atoms with E-state index in [2.05, 4.69) is 49.8 Å². The van der Waals surface area contributed by atoms with Gasteiger partial charge in [-0.05, 0) is 89.3 Å². The van der Waals surface area contributed by atoms with Gasteiger partial charge in [-0.2, -0.15) is 0 Å². The molecule has 3 aromatic rings. The van der Waals surface area contributed by atoms with E-state index in [0.717, 1.165) is 55.7 Å². The number of benzene rings is 3. The van der Waals surface area contributed by atoms with Crippen molar-refractivity contribution >= 4 is 55.8 Å². The minimum atomic E-state index is -2.27. The molecule has 0 bridgehead atoms. The maximum Gasteiger partial charge on any atom is 0.407 e. The molecule has 18 heteroatoms. The predicted octanol–water partition coefficient (Wildman–Crippen LogP) is 6.88. The molecule has 7 atom stereocenters. The van der Waals surface area contributed by atoms with Gasteiger partial charge in [0.1, 0.15) is 18.7 Å². The lowest BCUT2D eigenvalue weighted by Crippen LogP contribution is -2.63. The summed E-state index contributed by atoms with van der Waals surface area (Å²) in [4.78, 5) is 90.8. The van der Waals surface area contributed by atoms with Gasteiger partial charge in [-0.25, -0.2) is 9.59 Å². The molecule has 0 spiro atoms. The Bertz CT molecular complexity index is 2340. The van der Waals surface area contributed by atoms with E-state index in [1.165, 1.54) is 6.92 Å². The summed E-state index contributed by atoms with van der Waals surface area (Å²) >= 11 is 0. The van der Waals surface area contributed by atoms with Crippen LogP contribution in [0.2, 0.25) is 18.1 Å². The zero-order valence-corrected chi connectivity index (χ0v) is 42.6. The lowest BCUT2D eigenvalue weighted by molar-refractivity contribution is -0.249. The molecular weight excluding hydrogens is 907 g/mol. The van der Waals surface area contributed by atoms with E-state index in [1.807, 2.05) is 54.6 Å². The highest BCUT2D eigenvalue weighted by atomic mass is 28.4. The van der Waals surface area contributed by atoms with Gasteiger partial charge in [0.2, 0.25) is 11.8 Å². The second-order valence-electron chi connectivity index (χ2n) is 19.3. The number of carbonyl (C=O) groups excluding carboxylic acids is 7. The Morgan fingerprint density at radius 3 is 1.84 bits per heavy atom. The topological polar surface area (TPSA) is 220 Å². The van der Waals surface area contributed by atoms with E-state index in [0.29, 0.717) is 11.3 Å². The number of hydrogen-bond donors (Lipinski definition) is 3. The fourth-order valence-corrected chi connectivity index (χ4v) is 9.15. The third kappa shape index (κ3) is 13.6. The molecule has 374 valence electrons. The molecule has 3 amide bonds. The molecule has 0 saturated carbocycles. The van der Waals surface area contributed by atoms with Gasteiger partial charge in [0, 0.05) is 32.4 Å². The summed E-state index contributed by atoms with van der Waals surface area (Å²) in [5.74, 6) is -4.91. The van der Waals surface area contributed by atoms with Crippen LogP contribution in [0.4, 0.5) is 10.5 Å². The zero-order valence-electron chi connectivity index (χ0n) is 41.6. The second-order valence-corrected chi connectivity index (χ2v) is 24.1. The minimum Gasteiger partial charge on any atom is -0.467 e. The monoisotopic (exact) mass is 973 g/mol. The molecule has 2 unspecified atom stereocenters. The maximum absolute atomic E-state index is 13.7. The molecule has 1 fully saturated rings. The van der Waals surface area contributed by atoms with Crippen LogP contribution in [-0.4, -0.2) is 106 Å². The Labute approximate surface area is 405 Å². The molecule has 0 aromatic heterocycles. The lowest BCUT2D eigenvalue weighted by Gasteiger charge is -2.43. The van der Waals surface area contributed by atoms with Crippen molar-refractivity contribution in [3.63, 3.8) is 0 Å². The molecule has 0 radical (unpaired) electrons.